The van der Waals surface area contributed by atoms with E-state index in [1.165, 1.54) is 12.1 Å². The van der Waals surface area contributed by atoms with Gasteiger partial charge in [0.1, 0.15) is 5.75 Å². The molecule has 0 aliphatic heterocycles. The first-order chi connectivity index (χ1) is 10.3. The lowest BCUT2D eigenvalue weighted by atomic mass is 10.0. The number of hydrogen-bond donors (Lipinski definition) is 1. The molecule has 116 valence electrons. The van der Waals surface area contributed by atoms with E-state index in [1.807, 2.05) is 0 Å². The van der Waals surface area contributed by atoms with Crippen molar-refractivity contribution in [1.29, 1.82) is 0 Å². The summed E-state index contributed by atoms with van der Waals surface area (Å²) >= 11 is 0. The second-order valence-corrected chi connectivity index (χ2v) is 4.71. The smallest absolute Gasteiger partial charge is 0.372 e. The number of carboxylic acid groups (broad SMARTS) is 1. The Bertz CT molecular complexity index is 648. The Labute approximate surface area is 126 Å². The van der Waals surface area contributed by atoms with Crippen LogP contribution in [0.5, 0.6) is 5.75 Å². The van der Waals surface area contributed by atoms with Crippen molar-refractivity contribution < 1.29 is 24.2 Å². The SMILES string of the molecule is CC(C)Oc1ccc(CN=[N+]=[N-])cc1C(=O)CC(=O)C(=O)O. The molecule has 1 N–H and O–H groups in total. The maximum absolute atomic E-state index is 12.1. The molecule has 0 aromatic heterocycles. The molecule has 0 amide bonds. The van der Waals surface area contributed by atoms with Crippen LogP contribution in [0.3, 0.4) is 0 Å². The average Bonchev–Trinajstić information content (AvgIpc) is 2.45. The number of Topliss-reactive ketones (excluding diaryl/α,β-unsaturated/α-hetero) is 2. The number of carbonyl (C=O) groups excluding carboxylic acids is 2. The fourth-order valence-corrected chi connectivity index (χ4v) is 1.68. The van der Waals surface area contributed by atoms with Crippen LogP contribution in [0.25, 0.3) is 10.4 Å². The number of hydrogen-bond acceptors (Lipinski definition) is 5. The van der Waals surface area contributed by atoms with E-state index in [0.29, 0.717) is 5.56 Å². The van der Waals surface area contributed by atoms with Crippen molar-refractivity contribution in [3.63, 3.8) is 0 Å². The molecule has 0 saturated heterocycles. The second-order valence-electron chi connectivity index (χ2n) is 4.71. The summed E-state index contributed by atoms with van der Waals surface area (Å²) in [5.74, 6) is -3.26. The third-order valence-corrected chi connectivity index (χ3v) is 2.58. The molecule has 0 aliphatic rings. The van der Waals surface area contributed by atoms with Crippen molar-refractivity contribution in [2.45, 2.75) is 32.9 Å². The molecule has 1 rings (SSSR count). The first-order valence-electron chi connectivity index (χ1n) is 6.45. The highest BCUT2D eigenvalue weighted by Gasteiger charge is 2.21. The van der Waals surface area contributed by atoms with Crippen LogP contribution >= 0.6 is 0 Å². The standard InChI is InChI=1S/C14H15N3O5/c1-8(2)22-13-4-3-9(7-16-17-15)5-10(13)11(18)6-12(19)14(20)21/h3-5,8H,6-7H2,1-2H3,(H,20,21). The van der Waals surface area contributed by atoms with Crippen LogP contribution in [0, 0.1) is 0 Å². The van der Waals surface area contributed by atoms with Gasteiger partial charge in [-0.25, -0.2) is 4.79 Å². The summed E-state index contributed by atoms with van der Waals surface area (Å²) in [5.41, 5.74) is 8.96. The van der Waals surface area contributed by atoms with Crippen LogP contribution in [0.1, 0.15) is 36.2 Å². The third kappa shape index (κ3) is 4.92. The molecule has 1 aromatic carbocycles. The zero-order valence-corrected chi connectivity index (χ0v) is 12.1. The number of rotatable bonds is 8. The lowest BCUT2D eigenvalue weighted by Crippen LogP contribution is -2.18. The van der Waals surface area contributed by atoms with Crippen LogP contribution in [0.4, 0.5) is 0 Å². The van der Waals surface area contributed by atoms with Gasteiger partial charge in [0.05, 0.1) is 24.6 Å². The van der Waals surface area contributed by atoms with Crippen LogP contribution in [0.2, 0.25) is 0 Å². The zero-order valence-electron chi connectivity index (χ0n) is 12.1. The maximum atomic E-state index is 12.1. The van der Waals surface area contributed by atoms with Gasteiger partial charge in [-0.15, -0.1) is 0 Å². The van der Waals surface area contributed by atoms with Crippen LogP contribution in [0.15, 0.2) is 23.3 Å². The summed E-state index contributed by atoms with van der Waals surface area (Å²) in [7, 11) is 0. The molecule has 0 fully saturated rings. The van der Waals surface area contributed by atoms with Gasteiger partial charge in [-0.2, -0.15) is 0 Å². The lowest BCUT2D eigenvalue weighted by molar-refractivity contribution is -0.148. The van der Waals surface area contributed by atoms with E-state index in [2.05, 4.69) is 10.0 Å². The molecule has 0 unspecified atom stereocenters. The number of ether oxygens (including phenoxy) is 1. The molecule has 0 saturated carbocycles. The van der Waals surface area contributed by atoms with Crippen molar-refractivity contribution in [1.82, 2.24) is 0 Å². The average molecular weight is 305 g/mol. The number of ketones is 2. The van der Waals surface area contributed by atoms with Crippen molar-refractivity contribution in [2.24, 2.45) is 5.11 Å². The van der Waals surface area contributed by atoms with E-state index in [9.17, 15) is 14.4 Å². The minimum absolute atomic E-state index is 0.0333. The quantitative estimate of drug-likeness (QED) is 0.197. The van der Waals surface area contributed by atoms with E-state index in [4.69, 9.17) is 15.4 Å². The number of aliphatic carboxylic acids is 1. The molecule has 8 nitrogen and oxygen atoms in total. The largest absolute Gasteiger partial charge is 0.490 e. The van der Waals surface area contributed by atoms with E-state index in [-0.39, 0.29) is 24.0 Å². The fraction of sp³-hybridized carbons (Fsp3) is 0.357. The molecule has 0 radical (unpaired) electrons. The van der Waals surface area contributed by atoms with E-state index in [1.54, 1.807) is 19.9 Å². The third-order valence-electron chi connectivity index (χ3n) is 2.58. The fourth-order valence-electron chi connectivity index (χ4n) is 1.68. The van der Waals surface area contributed by atoms with Gasteiger partial charge in [-0.05, 0) is 37.1 Å². The Hall–Kier alpha value is -2.86. The Balaban J connectivity index is 3.14. The molecular formula is C14H15N3O5. The lowest BCUT2D eigenvalue weighted by Gasteiger charge is -2.14. The summed E-state index contributed by atoms with van der Waals surface area (Å²) in [6.07, 6.45) is -0.959. The topological polar surface area (TPSA) is 129 Å². The maximum Gasteiger partial charge on any atom is 0.372 e. The Morgan fingerprint density at radius 1 is 1.36 bits per heavy atom. The van der Waals surface area contributed by atoms with Crippen molar-refractivity contribution >= 4 is 17.5 Å². The molecule has 22 heavy (non-hydrogen) atoms. The second kappa shape index (κ2) is 7.80. The summed E-state index contributed by atoms with van der Waals surface area (Å²) < 4.78 is 5.48. The molecule has 0 bridgehead atoms. The summed E-state index contributed by atoms with van der Waals surface area (Å²) in [4.78, 5) is 36.5. The van der Waals surface area contributed by atoms with Gasteiger partial charge in [-0.1, -0.05) is 11.2 Å². The highest BCUT2D eigenvalue weighted by molar-refractivity contribution is 6.37. The van der Waals surface area contributed by atoms with E-state index < -0.39 is 24.0 Å². The monoisotopic (exact) mass is 305 g/mol. The predicted molar refractivity (Wildman–Crippen MR) is 76.6 cm³/mol. The molecule has 0 heterocycles. The normalized spacial score (nSPS) is 9.95. The molecule has 0 aliphatic carbocycles. The van der Waals surface area contributed by atoms with Crippen LogP contribution < -0.4 is 4.74 Å². The molecule has 0 spiro atoms. The summed E-state index contributed by atoms with van der Waals surface area (Å²) in [5, 5.41) is 12.0. The highest BCUT2D eigenvalue weighted by Crippen LogP contribution is 2.23. The molecule has 0 atom stereocenters. The first-order valence-corrected chi connectivity index (χ1v) is 6.45. The number of carboxylic acids is 1. The Morgan fingerprint density at radius 2 is 2.05 bits per heavy atom. The van der Waals surface area contributed by atoms with Gasteiger partial charge >= 0.3 is 5.97 Å². The Morgan fingerprint density at radius 3 is 2.59 bits per heavy atom. The van der Waals surface area contributed by atoms with Gasteiger partial charge in [0.15, 0.2) is 5.78 Å². The molecule has 1 aromatic rings. The van der Waals surface area contributed by atoms with Crippen LogP contribution in [-0.4, -0.2) is 28.7 Å². The minimum Gasteiger partial charge on any atom is -0.490 e. The van der Waals surface area contributed by atoms with Gasteiger partial charge in [-0.3, -0.25) is 9.59 Å². The minimum atomic E-state index is -1.66. The van der Waals surface area contributed by atoms with Gasteiger partial charge in [0.25, 0.3) is 0 Å². The van der Waals surface area contributed by atoms with E-state index >= 15 is 0 Å². The number of nitrogens with zero attached hydrogens (tertiary/aromatic N) is 3. The Kier molecular flexibility index (Phi) is 6.09. The first kappa shape index (κ1) is 17.2. The number of benzene rings is 1. The van der Waals surface area contributed by atoms with E-state index in [0.717, 1.165) is 0 Å². The van der Waals surface area contributed by atoms with Gasteiger partial charge in [0.2, 0.25) is 5.78 Å². The molecule has 8 heteroatoms. The zero-order chi connectivity index (χ0) is 16.7. The number of azide groups is 1. The summed E-state index contributed by atoms with van der Waals surface area (Å²) in [6, 6.07) is 4.59. The van der Waals surface area contributed by atoms with Gasteiger partial charge < -0.3 is 9.84 Å². The summed E-state index contributed by atoms with van der Waals surface area (Å²) in [6.45, 7) is 3.57. The molecular weight excluding hydrogens is 290 g/mol. The van der Waals surface area contributed by atoms with Crippen molar-refractivity contribution in [3.05, 3.63) is 39.8 Å². The van der Waals surface area contributed by atoms with Gasteiger partial charge in [0, 0.05) is 4.91 Å². The van der Waals surface area contributed by atoms with Crippen molar-refractivity contribution in [3.8, 4) is 5.75 Å². The van der Waals surface area contributed by atoms with Crippen LogP contribution in [-0.2, 0) is 16.1 Å². The number of carbonyl (C=O) groups is 3. The predicted octanol–water partition coefficient (Wildman–Crippen LogP) is 2.51. The van der Waals surface area contributed by atoms with Crippen molar-refractivity contribution in [2.75, 3.05) is 0 Å². The highest BCUT2D eigenvalue weighted by atomic mass is 16.5.